The van der Waals surface area contributed by atoms with E-state index in [1.807, 2.05) is 57.2 Å². The molecule has 0 unspecified atom stereocenters. The zero-order valence-corrected chi connectivity index (χ0v) is 27.5. The van der Waals surface area contributed by atoms with Crippen LogP contribution in [0.4, 0.5) is 0 Å². The van der Waals surface area contributed by atoms with E-state index in [1.54, 1.807) is 20.2 Å². The van der Waals surface area contributed by atoms with Crippen LogP contribution in [0.2, 0.25) is 0 Å². The number of hydrogen-bond acceptors (Lipinski definition) is 8. The molecule has 12 heteroatoms. The maximum absolute atomic E-state index is 14.0. The van der Waals surface area contributed by atoms with E-state index in [9.17, 15) is 22.8 Å². The molecule has 2 N–H and O–H groups in total. The summed E-state index contributed by atoms with van der Waals surface area (Å²) in [4.78, 5) is 47.0. The van der Waals surface area contributed by atoms with Gasteiger partial charge in [-0.3, -0.25) is 19.1 Å². The maximum atomic E-state index is 14.0. The van der Waals surface area contributed by atoms with Crippen LogP contribution in [0.15, 0.2) is 42.6 Å². The van der Waals surface area contributed by atoms with Crippen LogP contribution in [0, 0.1) is 11.8 Å². The van der Waals surface area contributed by atoms with E-state index in [0.717, 1.165) is 17.2 Å². The third-order valence-electron chi connectivity index (χ3n) is 9.31. The maximum Gasteiger partial charge on any atom is 0.259 e. The van der Waals surface area contributed by atoms with Gasteiger partial charge in [0, 0.05) is 29.5 Å². The van der Waals surface area contributed by atoms with Crippen molar-refractivity contribution in [3.05, 3.63) is 42.6 Å². The van der Waals surface area contributed by atoms with Crippen molar-refractivity contribution in [1.29, 1.82) is 0 Å². The van der Waals surface area contributed by atoms with Gasteiger partial charge >= 0.3 is 0 Å². The number of nitrogens with one attached hydrogen (secondary N) is 2. The van der Waals surface area contributed by atoms with Crippen LogP contribution in [0.25, 0.3) is 10.8 Å². The molecule has 0 radical (unpaired) electrons. The molecule has 244 valence electrons. The average Bonchev–Trinajstić information content (AvgIpc) is 3.91. The second-order valence-electron chi connectivity index (χ2n) is 12.9. The molecule has 1 aliphatic heterocycles. The van der Waals surface area contributed by atoms with Crippen molar-refractivity contribution in [2.45, 2.75) is 95.1 Å². The Morgan fingerprint density at radius 2 is 1.87 bits per heavy atom. The molecule has 0 bridgehead atoms. The number of amides is 3. The summed E-state index contributed by atoms with van der Waals surface area (Å²) in [7, 11) is -2.35. The molecule has 1 aromatic carbocycles. The van der Waals surface area contributed by atoms with Crippen LogP contribution in [-0.2, 0) is 24.4 Å². The number of nitrogens with zero attached hydrogens (tertiary/aromatic N) is 2. The van der Waals surface area contributed by atoms with Gasteiger partial charge in [0.15, 0.2) is 0 Å². The quantitative estimate of drug-likeness (QED) is 0.314. The largest absolute Gasteiger partial charge is 0.494 e. The summed E-state index contributed by atoms with van der Waals surface area (Å²) in [5.41, 5.74) is -1.42. The molecule has 2 heterocycles. The number of rotatable bonds is 13. The van der Waals surface area contributed by atoms with Gasteiger partial charge in [0.2, 0.25) is 27.7 Å². The minimum absolute atomic E-state index is 0.0657. The molecule has 11 nitrogen and oxygen atoms in total. The molecule has 3 fully saturated rings. The molecule has 0 spiro atoms. The molecule has 4 atom stereocenters. The van der Waals surface area contributed by atoms with Gasteiger partial charge < -0.3 is 19.7 Å². The number of carbonyl (C=O) groups is 3. The lowest BCUT2D eigenvalue weighted by molar-refractivity contribution is -0.140. The highest BCUT2D eigenvalue weighted by atomic mass is 32.2. The Labute approximate surface area is 265 Å². The van der Waals surface area contributed by atoms with Gasteiger partial charge in [0.1, 0.15) is 23.4 Å². The van der Waals surface area contributed by atoms with E-state index in [1.165, 1.54) is 4.90 Å². The first-order valence-corrected chi connectivity index (χ1v) is 17.3. The summed E-state index contributed by atoms with van der Waals surface area (Å²) < 4.78 is 39.4. The van der Waals surface area contributed by atoms with Crippen LogP contribution in [0.3, 0.4) is 0 Å². The number of likely N-dealkylation sites (tertiary alicyclic amines) is 1. The van der Waals surface area contributed by atoms with E-state index >= 15 is 0 Å². The molecule has 3 amide bonds. The number of sulfonamides is 1. The zero-order chi connectivity index (χ0) is 32.6. The van der Waals surface area contributed by atoms with Gasteiger partial charge in [-0.15, -0.1) is 0 Å². The number of benzene rings is 1. The van der Waals surface area contributed by atoms with Gasteiger partial charge in [-0.1, -0.05) is 58.0 Å². The Balaban J connectivity index is 1.39. The minimum atomic E-state index is -3.92. The van der Waals surface area contributed by atoms with Crippen LogP contribution < -0.4 is 19.5 Å². The number of allylic oxidation sites excluding steroid dienone is 1. The Hall–Kier alpha value is -3.67. The van der Waals surface area contributed by atoms with Gasteiger partial charge in [0.25, 0.3) is 5.91 Å². The third kappa shape index (κ3) is 6.39. The predicted molar refractivity (Wildman–Crippen MR) is 170 cm³/mol. The van der Waals surface area contributed by atoms with Gasteiger partial charge in [0.05, 0.1) is 24.6 Å². The number of ether oxygens (including phenoxy) is 2. The Kier molecular flexibility index (Phi) is 9.17. The smallest absolute Gasteiger partial charge is 0.259 e. The van der Waals surface area contributed by atoms with Crippen LogP contribution >= 0.6 is 0 Å². The molecule has 3 aliphatic rings. The molecular formula is C33H44N4O7S. The fraction of sp³-hybridized carbons (Fsp3) is 0.576. The van der Waals surface area contributed by atoms with Crippen molar-refractivity contribution in [2.75, 3.05) is 13.7 Å². The number of methoxy groups -OCH3 is 1. The number of pyridine rings is 1. The SMILES string of the molecule is CC/C=C\[C@@H]1C[C@]1(NC(=O)[C@@H]1C[C@@H](Oc2ncc(OC)c3ccccc23)CN1C(=O)CC(C)C)C(=O)NS(=O)(=O)C1(CC)CC1. The van der Waals surface area contributed by atoms with Crippen LogP contribution in [-0.4, -0.2) is 72.1 Å². The molecule has 45 heavy (non-hydrogen) atoms. The Bertz CT molecular complexity index is 1600. The highest BCUT2D eigenvalue weighted by Gasteiger charge is 2.63. The van der Waals surface area contributed by atoms with E-state index in [4.69, 9.17) is 9.47 Å². The molecule has 1 aromatic heterocycles. The lowest BCUT2D eigenvalue weighted by atomic mass is 10.1. The predicted octanol–water partition coefficient (Wildman–Crippen LogP) is 3.87. The number of carbonyl (C=O) groups excluding carboxylic acids is 3. The van der Waals surface area contributed by atoms with Gasteiger partial charge in [-0.05, 0) is 44.1 Å². The summed E-state index contributed by atoms with van der Waals surface area (Å²) >= 11 is 0. The highest BCUT2D eigenvalue weighted by Crippen LogP contribution is 2.48. The minimum Gasteiger partial charge on any atom is -0.494 e. The van der Waals surface area contributed by atoms with Crippen LogP contribution in [0.5, 0.6) is 11.6 Å². The van der Waals surface area contributed by atoms with E-state index in [-0.39, 0.29) is 43.6 Å². The summed E-state index contributed by atoms with van der Waals surface area (Å²) in [6.07, 6.45) is 7.61. The van der Waals surface area contributed by atoms with Gasteiger partial charge in [-0.25, -0.2) is 13.4 Å². The van der Waals surface area contributed by atoms with Gasteiger partial charge in [-0.2, -0.15) is 0 Å². The first-order valence-electron chi connectivity index (χ1n) is 15.8. The molecule has 2 aliphatic carbocycles. The van der Waals surface area contributed by atoms with Crippen LogP contribution in [0.1, 0.15) is 72.6 Å². The van der Waals surface area contributed by atoms with Crippen molar-refractivity contribution in [1.82, 2.24) is 19.9 Å². The second kappa shape index (κ2) is 12.6. The highest BCUT2D eigenvalue weighted by molar-refractivity contribution is 7.91. The lowest BCUT2D eigenvalue weighted by Gasteiger charge is -2.27. The zero-order valence-electron chi connectivity index (χ0n) is 26.7. The first kappa shape index (κ1) is 32.7. The van der Waals surface area contributed by atoms with Crippen molar-refractivity contribution < 1.29 is 32.3 Å². The third-order valence-corrected chi connectivity index (χ3v) is 11.6. The number of hydrogen-bond donors (Lipinski definition) is 2. The molecule has 2 saturated carbocycles. The monoisotopic (exact) mass is 640 g/mol. The van der Waals surface area contributed by atoms with E-state index in [2.05, 4.69) is 15.0 Å². The molecule has 5 rings (SSSR count). The molecule has 1 saturated heterocycles. The fourth-order valence-corrected chi connectivity index (χ4v) is 7.95. The molecular weight excluding hydrogens is 596 g/mol. The first-order chi connectivity index (χ1) is 21.4. The Morgan fingerprint density at radius 1 is 1.16 bits per heavy atom. The average molecular weight is 641 g/mol. The lowest BCUT2D eigenvalue weighted by Crippen LogP contribution is -2.57. The normalized spacial score (nSPS) is 25.4. The summed E-state index contributed by atoms with van der Waals surface area (Å²) in [5.74, 6) is -0.770. The van der Waals surface area contributed by atoms with Crippen molar-refractivity contribution in [3.8, 4) is 11.6 Å². The summed E-state index contributed by atoms with van der Waals surface area (Å²) in [6.45, 7) is 7.78. The van der Waals surface area contributed by atoms with E-state index < -0.39 is 44.3 Å². The Morgan fingerprint density at radius 3 is 2.49 bits per heavy atom. The van der Waals surface area contributed by atoms with Crippen molar-refractivity contribution in [3.63, 3.8) is 0 Å². The van der Waals surface area contributed by atoms with Crippen molar-refractivity contribution >= 4 is 38.5 Å². The molecule has 2 aromatic rings. The number of fused-ring (bicyclic) bond motifs is 1. The number of aromatic nitrogens is 1. The summed E-state index contributed by atoms with van der Waals surface area (Å²) in [6, 6.07) is 6.63. The van der Waals surface area contributed by atoms with Crippen molar-refractivity contribution in [2.24, 2.45) is 11.8 Å². The second-order valence-corrected chi connectivity index (χ2v) is 15.0. The standard InChI is InChI=1S/C33H44N4O7S/c1-6-8-11-22-18-33(22,31(40)36-45(41,42)32(7-2)14-15-32)35-29(39)26-17-23(20-37(26)28(38)16-21(3)4)44-30-25-13-10-9-12-24(25)27(43-5)19-34-30/h8-13,19,21-23,26H,6-7,14-18,20H2,1-5H3,(H,35,39)(H,36,40)/b11-8-/t22-,23-,26+,33-/m1/s1. The van der Waals surface area contributed by atoms with E-state index in [0.29, 0.717) is 30.9 Å². The fourth-order valence-electron chi connectivity index (χ4n) is 6.29. The summed E-state index contributed by atoms with van der Waals surface area (Å²) in [5, 5.41) is 4.46. The topological polar surface area (TPSA) is 144 Å².